The lowest BCUT2D eigenvalue weighted by atomic mass is 9.81. The number of aryl methyl sites for hydroxylation is 1. The van der Waals surface area contributed by atoms with E-state index >= 15 is 0 Å². The number of hydrogen-bond acceptors (Lipinski definition) is 4. The van der Waals surface area contributed by atoms with Crippen LogP contribution < -0.4 is 9.80 Å². The molecule has 2 atom stereocenters. The van der Waals surface area contributed by atoms with E-state index in [1.807, 2.05) is 23.1 Å². The molecule has 0 N–H and O–H groups in total. The maximum absolute atomic E-state index is 2.48. The molecular weight excluding hydrogens is 741 g/mol. The van der Waals surface area contributed by atoms with Gasteiger partial charge in [-0.2, -0.15) is 0 Å². The van der Waals surface area contributed by atoms with E-state index in [4.69, 9.17) is 0 Å². The molecule has 1 aliphatic heterocycles. The van der Waals surface area contributed by atoms with Crippen molar-refractivity contribution in [3.63, 3.8) is 0 Å². The molecule has 1 aromatic heterocycles. The van der Waals surface area contributed by atoms with Crippen molar-refractivity contribution in [1.82, 2.24) is 0 Å². The third-order valence-electron chi connectivity index (χ3n) is 12.5. The van der Waals surface area contributed by atoms with Crippen LogP contribution in [0.25, 0.3) is 38.4 Å². The molecule has 278 valence electrons. The number of para-hydroxylation sites is 2. The summed E-state index contributed by atoms with van der Waals surface area (Å²) in [6.07, 6.45) is 18.5. The lowest BCUT2D eigenvalue weighted by Gasteiger charge is -2.30. The maximum atomic E-state index is 2.48. The lowest BCUT2D eigenvalue weighted by molar-refractivity contribution is 0.846. The second-order valence-corrected chi connectivity index (χ2v) is 18.1. The van der Waals surface area contributed by atoms with Gasteiger partial charge in [-0.15, -0.1) is 23.1 Å². The van der Waals surface area contributed by atoms with Crippen LogP contribution in [0, 0.1) is 0 Å². The highest BCUT2D eigenvalue weighted by molar-refractivity contribution is 8.00. The van der Waals surface area contributed by atoms with Crippen LogP contribution in [0.2, 0.25) is 0 Å². The van der Waals surface area contributed by atoms with Gasteiger partial charge in [-0.05, 0) is 126 Å². The molecule has 0 fully saturated rings. The fourth-order valence-electron chi connectivity index (χ4n) is 9.91. The summed E-state index contributed by atoms with van der Waals surface area (Å²) >= 11 is 3.94. The Hall–Kier alpha value is -6.07. The van der Waals surface area contributed by atoms with Crippen molar-refractivity contribution < 1.29 is 0 Å². The molecule has 2 unspecified atom stereocenters. The zero-order valence-electron chi connectivity index (χ0n) is 32.0. The number of fused-ring (bicyclic) bond motifs is 11. The quantitative estimate of drug-likeness (QED) is 0.166. The Balaban J connectivity index is 0.945. The summed E-state index contributed by atoms with van der Waals surface area (Å²) in [4.78, 5) is 6.30. The average molecular weight is 781 g/mol. The van der Waals surface area contributed by atoms with Crippen LogP contribution in [0.1, 0.15) is 57.7 Å². The zero-order valence-corrected chi connectivity index (χ0v) is 33.6. The first-order valence-electron chi connectivity index (χ1n) is 20.5. The Bertz CT molecular complexity index is 3010. The van der Waals surface area contributed by atoms with E-state index in [-0.39, 0.29) is 0 Å². The van der Waals surface area contributed by atoms with E-state index in [9.17, 15) is 0 Å². The Kier molecular flexibility index (Phi) is 8.09. The first-order valence-corrected chi connectivity index (χ1v) is 22.2. The number of thioether (sulfide) groups is 1. The van der Waals surface area contributed by atoms with Crippen LogP contribution in [0.3, 0.4) is 0 Å². The normalized spacial score (nSPS) is 17.1. The molecule has 0 amide bonds. The molecule has 2 nitrogen and oxygen atoms in total. The van der Waals surface area contributed by atoms with E-state index in [2.05, 4.69) is 192 Å². The van der Waals surface area contributed by atoms with Gasteiger partial charge in [0.25, 0.3) is 0 Å². The van der Waals surface area contributed by atoms with E-state index in [1.165, 1.54) is 98.1 Å². The van der Waals surface area contributed by atoms with Gasteiger partial charge in [0.1, 0.15) is 0 Å². The Labute approximate surface area is 348 Å². The smallest absolute Gasteiger partial charge is 0.0536 e. The van der Waals surface area contributed by atoms with Crippen molar-refractivity contribution in [2.24, 2.45) is 0 Å². The molecule has 12 rings (SSSR count). The molecule has 2 heterocycles. The number of rotatable bonds is 6. The molecule has 3 aliphatic carbocycles. The maximum Gasteiger partial charge on any atom is 0.0536 e. The molecule has 7 aromatic carbocycles. The van der Waals surface area contributed by atoms with Crippen LogP contribution in [-0.4, -0.2) is 5.25 Å². The minimum atomic E-state index is 0.318. The summed E-state index contributed by atoms with van der Waals surface area (Å²) < 4.78 is 2.67. The predicted octanol–water partition coefficient (Wildman–Crippen LogP) is 15.5. The number of nitrogens with zero attached hydrogens (tertiary/aromatic N) is 2. The predicted molar refractivity (Wildman–Crippen MR) is 250 cm³/mol. The standard InChI is InChI=1S/C54H40N2S2/c1-3-17-37(18-4-1)55(47-23-11-15-35-13-7-9-21-41(35)47)39-25-27-45-51(33-39)57-49-31-29-44-43(53(45)49)30-32-50-54(44)46-28-26-40(34-52(46)58-50)56(38-19-5-2-6-20-38)48-24-12-16-36-14-8-10-22-42(36)48/h1-7,10-13,15-20,22-34,49,53H,8-9,14,21H2. The van der Waals surface area contributed by atoms with Crippen LogP contribution in [0.4, 0.5) is 34.1 Å². The van der Waals surface area contributed by atoms with Crippen LogP contribution in [0.15, 0.2) is 169 Å². The number of anilines is 6. The van der Waals surface area contributed by atoms with Gasteiger partial charge in [-0.25, -0.2) is 0 Å². The molecule has 0 saturated heterocycles. The highest BCUT2D eigenvalue weighted by atomic mass is 32.2. The van der Waals surface area contributed by atoms with Crippen LogP contribution >= 0.6 is 23.1 Å². The molecule has 58 heavy (non-hydrogen) atoms. The molecule has 4 aliphatic rings. The highest BCUT2D eigenvalue weighted by Gasteiger charge is 2.37. The first-order chi connectivity index (χ1) is 28.8. The van der Waals surface area contributed by atoms with Gasteiger partial charge < -0.3 is 9.80 Å². The molecule has 0 radical (unpaired) electrons. The van der Waals surface area contributed by atoms with Crippen molar-refractivity contribution in [2.75, 3.05) is 9.80 Å². The highest BCUT2D eigenvalue weighted by Crippen LogP contribution is 2.56. The number of benzene rings is 7. The second kappa shape index (κ2) is 13.8. The fraction of sp³-hybridized carbons (Fsp3) is 0.111. The second-order valence-electron chi connectivity index (χ2n) is 15.8. The molecule has 8 aromatic rings. The monoisotopic (exact) mass is 780 g/mol. The number of thiophene rings is 1. The summed E-state index contributed by atoms with van der Waals surface area (Å²) in [7, 11) is 0. The Morgan fingerprint density at radius 2 is 1.24 bits per heavy atom. The largest absolute Gasteiger partial charge is 0.310 e. The van der Waals surface area contributed by atoms with Gasteiger partial charge in [-0.1, -0.05) is 115 Å². The summed E-state index contributed by atoms with van der Waals surface area (Å²) in [5, 5.41) is 3.10. The SMILES string of the molecule is C1=Cc2c(cccc2N(c2ccccc2)c2ccc3c(c2)sc2ccc4c(c23)C=CC2Sc3cc(N(c5ccccc5)c5cccc6c5CCC=C6)ccc3C42)CC1. The van der Waals surface area contributed by atoms with Crippen LogP contribution in [-0.2, 0) is 12.8 Å². The van der Waals surface area contributed by atoms with Gasteiger partial charge in [0.2, 0.25) is 0 Å². The van der Waals surface area contributed by atoms with Gasteiger partial charge in [0, 0.05) is 70.2 Å². The molecule has 0 spiro atoms. The summed E-state index contributed by atoms with van der Waals surface area (Å²) in [6, 6.07) is 54.5. The molecule has 0 saturated carbocycles. The van der Waals surface area contributed by atoms with Gasteiger partial charge in [0.15, 0.2) is 0 Å². The van der Waals surface area contributed by atoms with E-state index in [1.54, 1.807) is 0 Å². The molecular formula is C54H40N2S2. The topological polar surface area (TPSA) is 6.48 Å². The third kappa shape index (κ3) is 5.46. The van der Waals surface area contributed by atoms with Crippen molar-refractivity contribution in [1.29, 1.82) is 0 Å². The third-order valence-corrected chi connectivity index (χ3v) is 14.9. The van der Waals surface area contributed by atoms with Gasteiger partial charge >= 0.3 is 0 Å². The van der Waals surface area contributed by atoms with Crippen molar-refractivity contribution >= 4 is 95.6 Å². The van der Waals surface area contributed by atoms with Crippen LogP contribution in [0.5, 0.6) is 0 Å². The fourth-order valence-corrected chi connectivity index (χ4v) is 12.5. The summed E-state index contributed by atoms with van der Waals surface area (Å²) in [6.45, 7) is 0. The average Bonchev–Trinajstić information content (AvgIpc) is 3.86. The van der Waals surface area contributed by atoms with Crippen molar-refractivity contribution in [2.45, 2.75) is 41.7 Å². The number of allylic oxidation sites excluding steroid dienone is 2. The summed E-state index contributed by atoms with van der Waals surface area (Å²) in [5.74, 6) is 0.318. The van der Waals surface area contributed by atoms with E-state index in [0.29, 0.717) is 11.2 Å². The molecule has 4 heteroatoms. The molecule has 0 bridgehead atoms. The lowest BCUT2D eigenvalue weighted by Crippen LogP contribution is -2.15. The van der Waals surface area contributed by atoms with Crippen molar-refractivity contribution in [3.8, 4) is 0 Å². The first kappa shape index (κ1) is 34.0. The summed E-state index contributed by atoms with van der Waals surface area (Å²) in [5.41, 5.74) is 17.1. The minimum absolute atomic E-state index is 0.318. The van der Waals surface area contributed by atoms with E-state index < -0.39 is 0 Å². The minimum Gasteiger partial charge on any atom is -0.310 e. The number of hydrogen-bond donors (Lipinski definition) is 0. The zero-order chi connectivity index (χ0) is 38.2. The van der Waals surface area contributed by atoms with Gasteiger partial charge in [-0.3, -0.25) is 0 Å². The van der Waals surface area contributed by atoms with Crippen molar-refractivity contribution in [3.05, 3.63) is 203 Å². The van der Waals surface area contributed by atoms with E-state index in [0.717, 1.165) is 25.7 Å². The Morgan fingerprint density at radius 1 is 0.517 bits per heavy atom. The van der Waals surface area contributed by atoms with Gasteiger partial charge in [0.05, 0.1) is 5.69 Å². The Morgan fingerprint density at radius 3 is 2.10 bits per heavy atom.